The average Bonchev–Trinajstić information content (AvgIpc) is 2.62. The summed E-state index contributed by atoms with van der Waals surface area (Å²) in [5.41, 5.74) is -0.0527. The first-order chi connectivity index (χ1) is 5.02. The van der Waals surface area contributed by atoms with Crippen LogP contribution >= 0.6 is 0 Å². The van der Waals surface area contributed by atoms with Crippen LogP contribution in [0.25, 0.3) is 0 Å². The fraction of sp³-hybridized carbons (Fsp3) is 0.889. The molecule has 0 spiro atoms. The summed E-state index contributed by atoms with van der Waals surface area (Å²) < 4.78 is 0. The number of hydrogen-bond donors (Lipinski definition) is 1. The SMILES string of the molecule is CNC(=O)[C@@]1(C)CC1C(C)C. The van der Waals surface area contributed by atoms with E-state index in [1.54, 1.807) is 7.05 Å². The molecule has 64 valence electrons. The third-order valence-corrected chi connectivity index (χ3v) is 2.85. The first-order valence-electron chi connectivity index (χ1n) is 4.24. The Kier molecular flexibility index (Phi) is 1.95. The van der Waals surface area contributed by atoms with Gasteiger partial charge in [-0.05, 0) is 18.3 Å². The van der Waals surface area contributed by atoms with Gasteiger partial charge in [0.2, 0.25) is 5.91 Å². The molecule has 11 heavy (non-hydrogen) atoms. The molecular formula is C9H17NO. The summed E-state index contributed by atoms with van der Waals surface area (Å²) in [5, 5.41) is 2.71. The maximum absolute atomic E-state index is 11.3. The van der Waals surface area contributed by atoms with Crippen LogP contribution in [0.4, 0.5) is 0 Å². The average molecular weight is 155 g/mol. The Hall–Kier alpha value is -0.530. The molecule has 2 nitrogen and oxygen atoms in total. The number of hydrogen-bond acceptors (Lipinski definition) is 1. The van der Waals surface area contributed by atoms with Gasteiger partial charge < -0.3 is 5.32 Å². The van der Waals surface area contributed by atoms with Crippen LogP contribution in [-0.4, -0.2) is 13.0 Å². The summed E-state index contributed by atoms with van der Waals surface area (Å²) in [4.78, 5) is 11.3. The number of rotatable bonds is 2. The Morgan fingerprint density at radius 1 is 1.64 bits per heavy atom. The van der Waals surface area contributed by atoms with Gasteiger partial charge in [0.15, 0.2) is 0 Å². The van der Waals surface area contributed by atoms with Crippen molar-refractivity contribution in [3.63, 3.8) is 0 Å². The quantitative estimate of drug-likeness (QED) is 0.642. The lowest BCUT2D eigenvalue weighted by Crippen LogP contribution is -2.28. The number of nitrogens with one attached hydrogen (secondary N) is 1. The summed E-state index contributed by atoms with van der Waals surface area (Å²) in [5.74, 6) is 1.44. The topological polar surface area (TPSA) is 29.1 Å². The van der Waals surface area contributed by atoms with Crippen LogP contribution in [0.5, 0.6) is 0 Å². The van der Waals surface area contributed by atoms with Crippen LogP contribution in [-0.2, 0) is 4.79 Å². The molecule has 1 amide bonds. The molecule has 1 aliphatic rings. The summed E-state index contributed by atoms with van der Waals surface area (Å²) in [6.45, 7) is 6.41. The van der Waals surface area contributed by atoms with Crippen LogP contribution in [0.1, 0.15) is 27.2 Å². The normalized spacial score (nSPS) is 35.5. The Bertz CT molecular complexity index is 176. The summed E-state index contributed by atoms with van der Waals surface area (Å²) >= 11 is 0. The van der Waals surface area contributed by atoms with Crippen molar-refractivity contribution in [1.29, 1.82) is 0 Å². The molecule has 0 aromatic rings. The van der Waals surface area contributed by atoms with Gasteiger partial charge >= 0.3 is 0 Å². The van der Waals surface area contributed by atoms with Gasteiger partial charge in [0.1, 0.15) is 0 Å². The molecule has 0 bridgehead atoms. The zero-order valence-corrected chi connectivity index (χ0v) is 7.77. The summed E-state index contributed by atoms with van der Waals surface area (Å²) in [6.07, 6.45) is 1.06. The molecule has 2 atom stereocenters. The third-order valence-electron chi connectivity index (χ3n) is 2.85. The molecule has 1 rings (SSSR count). The van der Waals surface area contributed by atoms with Gasteiger partial charge in [0, 0.05) is 12.5 Å². The molecule has 0 aromatic carbocycles. The minimum atomic E-state index is -0.0527. The molecule has 0 heterocycles. The van der Waals surface area contributed by atoms with E-state index in [4.69, 9.17) is 0 Å². The van der Waals surface area contributed by atoms with Gasteiger partial charge in [-0.25, -0.2) is 0 Å². The molecule has 2 heteroatoms. The lowest BCUT2D eigenvalue weighted by molar-refractivity contribution is -0.125. The van der Waals surface area contributed by atoms with Crippen molar-refractivity contribution >= 4 is 5.91 Å². The van der Waals surface area contributed by atoms with Crippen molar-refractivity contribution in [3.8, 4) is 0 Å². The van der Waals surface area contributed by atoms with Gasteiger partial charge in [-0.2, -0.15) is 0 Å². The van der Waals surface area contributed by atoms with Crippen LogP contribution in [0.3, 0.4) is 0 Å². The molecule has 0 radical (unpaired) electrons. The highest BCUT2D eigenvalue weighted by Gasteiger charge is 2.56. The van der Waals surface area contributed by atoms with Gasteiger partial charge in [0.25, 0.3) is 0 Å². The first kappa shape index (κ1) is 8.57. The highest BCUT2D eigenvalue weighted by molar-refractivity contribution is 5.85. The Labute approximate surface area is 68.4 Å². The number of carbonyl (C=O) groups is 1. The second-order valence-corrected chi connectivity index (χ2v) is 4.05. The molecule has 1 unspecified atom stereocenters. The molecule has 0 aliphatic heterocycles. The minimum Gasteiger partial charge on any atom is -0.359 e. The van der Waals surface area contributed by atoms with Crippen LogP contribution in [0, 0.1) is 17.3 Å². The van der Waals surface area contributed by atoms with Crippen molar-refractivity contribution in [2.45, 2.75) is 27.2 Å². The standard InChI is InChI=1S/C9H17NO/c1-6(2)7-5-9(7,3)8(11)10-4/h6-7H,5H2,1-4H3,(H,10,11)/t7?,9-/m0/s1. The van der Waals surface area contributed by atoms with Crippen LogP contribution < -0.4 is 5.32 Å². The second-order valence-electron chi connectivity index (χ2n) is 4.05. The maximum atomic E-state index is 11.3. The van der Waals surface area contributed by atoms with E-state index in [9.17, 15) is 4.79 Å². The molecule has 0 aromatic heterocycles. The molecule has 1 N–H and O–H groups in total. The summed E-state index contributed by atoms with van der Waals surface area (Å²) in [6, 6.07) is 0. The highest BCUT2D eigenvalue weighted by atomic mass is 16.2. The molecular weight excluding hydrogens is 138 g/mol. The third kappa shape index (κ3) is 1.26. The van der Waals surface area contributed by atoms with E-state index in [0.29, 0.717) is 11.8 Å². The monoisotopic (exact) mass is 155 g/mol. The van der Waals surface area contributed by atoms with Crippen molar-refractivity contribution in [2.24, 2.45) is 17.3 Å². The lowest BCUT2D eigenvalue weighted by Gasteiger charge is -2.10. The van der Waals surface area contributed by atoms with Gasteiger partial charge in [0.05, 0.1) is 0 Å². The van der Waals surface area contributed by atoms with Gasteiger partial charge in [-0.3, -0.25) is 4.79 Å². The largest absolute Gasteiger partial charge is 0.359 e. The minimum absolute atomic E-state index is 0.0527. The van der Waals surface area contributed by atoms with E-state index in [0.717, 1.165) is 6.42 Å². The Morgan fingerprint density at radius 3 is 2.45 bits per heavy atom. The summed E-state index contributed by atoms with van der Waals surface area (Å²) in [7, 11) is 1.71. The van der Waals surface area contributed by atoms with E-state index in [2.05, 4.69) is 26.1 Å². The smallest absolute Gasteiger partial charge is 0.225 e. The fourth-order valence-corrected chi connectivity index (χ4v) is 1.92. The second kappa shape index (κ2) is 2.50. The van der Waals surface area contributed by atoms with E-state index in [1.807, 2.05) is 0 Å². The lowest BCUT2D eigenvalue weighted by atomic mass is 9.98. The zero-order valence-electron chi connectivity index (χ0n) is 7.77. The van der Waals surface area contributed by atoms with E-state index < -0.39 is 0 Å². The number of carbonyl (C=O) groups excluding carboxylic acids is 1. The van der Waals surface area contributed by atoms with Crippen molar-refractivity contribution in [2.75, 3.05) is 7.05 Å². The van der Waals surface area contributed by atoms with E-state index in [1.165, 1.54) is 0 Å². The maximum Gasteiger partial charge on any atom is 0.225 e. The van der Waals surface area contributed by atoms with Gasteiger partial charge in [-0.1, -0.05) is 20.8 Å². The van der Waals surface area contributed by atoms with Crippen LogP contribution in [0.2, 0.25) is 0 Å². The highest BCUT2D eigenvalue weighted by Crippen LogP contribution is 2.56. The van der Waals surface area contributed by atoms with Gasteiger partial charge in [-0.15, -0.1) is 0 Å². The Morgan fingerprint density at radius 2 is 2.18 bits per heavy atom. The molecule has 1 fully saturated rings. The van der Waals surface area contributed by atoms with Crippen molar-refractivity contribution < 1.29 is 4.79 Å². The predicted octanol–water partition coefficient (Wildman–Crippen LogP) is 1.41. The van der Waals surface area contributed by atoms with Crippen LogP contribution in [0.15, 0.2) is 0 Å². The molecule has 0 saturated heterocycles. The van der Waals surface area contributed by atoms with E-state index >= 15 is 0 Å². The van der Waals surface area contributed by atoms with Crippen molar-refractivity contribution in [3.05, 3.63) is 0 Å². The first-order valence-corrected chi connectivity index (χ1v) is 4.24. The Balaban J connectivity index is 2.55. The fourth-order valence-electron chi connectivity index (χ4n) is 1.92. The molecule has 1 aliphatic carbocycles. The zero-order chi connectivity index (χ0) is 8.65. The molecule has 1 saturated carbocycles. The van der Waals surface area contributed by atoms with Crippen molar-refractivity contribution in [1.82, 2.24) is 5.32 Å². The number of amides is 1. The predicted molar refractivity (Wildman–Crippen MR) is 45.1 cm³/mol. The van der Waals surface area contributed by atoms with E-state index in [-0.39, 0.29) is 11.3 Å².